The van der Waals surface area contributed by atoms with Gasteiger partial charge in [-0.1, -0.05) is 11.6 Å². The van der Waals surface area contributed by atoms with Crippen molar-refractivity contribution in [3.8, 4) is 5.69 Å². The van der Waals surface area contributed by atoms with E-state index in [9.17, 15) is 0 Å². The minimum Gasteiger partial charge on any atom is -0.317 e. The fraction of sp³-hybridized carbons (Fsp3) is 0.500. The van der Waals surface area contributed by atoms with Gasteiger partial charge in [-0.15, -0.1) is 0 Å². The number of hydrogen-bond acceptors (Lipinski definition) is 3. The zero-order valence-electron chi connectivity index (χ0n) is 13.3. The van der Waals surface area contributed by atoms with Crippen molar-refractivity contribution in [2.75, 3.05) is 26.2 Å². The van der Waals surface area contributed by atoms with Gasteiger partial charge < -0.3 is 5.32 Å². The number of rotatable bonds is 3. The zero-order chi connectivity index (χ0) is 15.7. The highest BCUT2D eigenvalue weighted by Crippen LogP contribution is 2.38. The minimum atomic E-state index is 0.567. The Morgan fingerprint density at radius 1 is 1.13 bits per heavy atom. The third kappa shape index (κ3) is 3.30. The Bertz CT molecular complexity index is 658. The maximum absolute atomic E-state index is 5.95. The van der Waals surface area contributed by atoms with Crippen LogP contribution in [0.1, 0.15) is 24.8 Å². The standard InChI is InChI=1S/C18H23ClN4/c19-16-1-3-17(4-2-16)23-13-15(11-21-23)12-22-10-7-18(14-22)5-8-20-9-6-18/h1-4,11,13,20H,5-10,12,14H2. The zero-order valence-corrected chi connectivity index (χ0v) is 14.1. The third-order valence-corrected chi connectivity index (χ3v) is 5.57. The predicted octanol–water partition coefficient (Wildman–Crippen LogP) is 3.10. The van der Waals surface area contributed by atoms with Gasteiger partial charge in [-0.25, -0.2) is 4.68 Å². The molecule has 23 heavy (non-hydrogen) atoms. The number of aromatic nitrogens is 2. The van der Waals surface area contributed by atoms with E-state index in [1.54, 1.807) is 0 Å². The fourth-order valence-corrected chi connectivity index (χ4v) is 4.09. The Balaban J connectivity index is 1.41. The lowest BCUT2D eigenvalue weighted by Crippen LogP contribution is -2.38. The van der Waals surface area contributed by atoms with E-state index in [2.05, 4.69) is 21.5 Å². The summed E-state index contributed by atoms with van der Waals surface area (Å²) in [6, 6.07) is 7.80. The molecule has 0 aliphatic carbocycles. The van der Waals surface area contributed by atoms with Crippen LogP contribution in [0.3, 0.4) is 0 Å². The number of likely N-dealkylation sites (tertiary alicyclic amines) is 1. The van der Waals surface area contributed by atoms with E-state index in [1.807, 2.05) is 35.1 Å². The van der Waals surface area contributed by atoms with E-state index in [4.69, 9.17) is 11.6 Å². The molecule has 0 bridgehead atoms. The maximum atomic E-state index is 5.95. The molecule has 0 unspecified atom stereocenters. The van der Waals surface area contributed by atoms with Gasteiger partial charge in [0.05, 0.1) is 11.9 Å². The highest BCUT2D eigenvalue weighted by Gasteiger charge is 2.38. The number of benzene rings is 1. The van der Waals surface area contributed by atoms with E-state index in [0.717, 1.165) is 17.3 Å². The van der Waals surface area contributed by atoms with Crippen molar-refractivity contribution in [3.63, 3.8) is 0 Å². The Hall–Kier alpha value is -1.36. The third-order valence-electron chi connectivity index (χ3n) is 5.32. The quantitative estimate of drug-likeness (QED) is 0.938. The molecule has 1 N–H and O–H groups in total. The molecule has 2 aliphatic rings. The molecule has 2 saturated heterocycles. The molecule has 3 heterocycles. The van der Waals surface area contributed by atoms with Crippen molar-refractivity contribution in [1.29, 1.82) is 0 Å². The molecular formula is C18H23ClN4. The SMILES string of the molecule is Clc1ccc(-n2cc(CN3CCC4(CCNCC4)C3)cn2)cc1. The highest BCUT2D eigenvalue weighted by atomic mass is 35.5. The molecule has 4 nitrogen and oxygen atoms in total. The Kier molecular flexibility index (Phi) is 4.14. The van der Waals surface area contributed by atoms with Crippen molar-refractivity contribution >= 4 is 11.6 Å². The van der Waals surface area contributed by atoms with Crippen LogP contribution in [0.2, 0.25) is 5.02 Å². The van der Waals surface area contributed by atoms with Crippen LogP contribution in [0.25, 0.3) is 5.69 Å². The predicted molar refractivity (Wildman–Crippen MR) is 93.0 cm³/mol. The van der Waals surface area contributed by atoms with Crippen molar-refractivity contribution in [2.45, 2.75) is 25.8 Å². The van der Waals surface area contributed by atoms with Gasteiger partial charge in [0.15, 0.2) is 0 Å². The summed E-state index contributed by atoms with van der Waals surface area (Å²) >= 11 is 5.95. The molecule has 122 valence electrons. The molecule has 1 spiro atoms. The van der Waals surface area contributed by atoms with E-state index in [0.29, 0.717) is 5.41 Å². The van der Waals surface area contributed by atoms with Gasteiger partial charge >= 0.3 is 0 Å². The molecule has 0 radical (unpaired) electrons. The summed E-state index contributed by atoms with van der Waals surface area (Å²) in [5.41, 5.74) is 2.90. The lowest BCUT2D eigenvalue weighted by atomic mass is 9.78. The van der Waals surface area contributed by atoms with Crippen LogP contribution < -0.4 is 5.32 Å². The van der Waals surface area contributed by atoms with Crippen LogP contribution in [-0.2, 0) is 6.54 Å². The molecule has 0 atom stereocenters. The van der Waals surface area contributed by atoms with Gasteiger partial charge in [-0.05, 0) is 68.6 Å². The highest BCUT2D eigenvalue weighted by molar-refractivity contribution is 6.30. The molecule has 0 saturated carbocycles. The minimum absolute atomic E-state index is 0.567. The number of nitrogens with one attached hydrogen (secondary N) is 1. The summed E-state index contributed by atoms with van der Waals surface area (Å²) in [5.74, 6) is 0. The maximum Gasteiger partial charge on any atom is 0.0646 e. The second-order valence-corrected chi connectivity index (χ2v) is 7.42. The summed E-state index contributed by atoms with van der Waals surface area (Å²) in [6.45, 7) is 5.82. The Labute approximate surface area is 142 Å². The van der Waals surface area contributed by atoms with Crippen molar-refractivity contribution < 1.29 is 0 Å². The average Bonchev–Trinajstić information content (AvgIpc) is 3.17. The van der Waals surface area contributed by atoms with Crippen molar-refractivity contribution in [1.82, 2.24) is 20.0 Å². The molecule has 1 aromatic heterocycles. The number of nitrogens with zero attached hydrogens (tertiary/aromatic N) is 3. The lowest BCUT2D eigenvalue weighted by molar-refractivity contribution is 0.194. The average molecular weight is 331 g/mol. The lowest BCUT2D eigenvalue weighted by Gasteiger charge is -2.33. The topological polar surface area (TPSA) is 33.1 Å². The van der Waals surface area contributed by atoms with Gasteiger partial charge in [-0.3, -0.25) is 4.90 Å². The van der Waals surface area contributed by atoms with Gasteiger partial charge in [0.25, 0.3) is 0 Å². The van der Waals surface area contributed by atoms with Crippen LogP contribution in [-0.4, -0.2) is 40.9 Å². The second kappa shape index (κ2) is 6.27. The van der Waals surface area contributed by atoms with Crippen molar-refractivity contribution in [2.24, 2.45) is 5.41 Å². The molecule has 5 heteroatoms. The van der Waals surface area contributed by atoms with Crippen LogP contribution in [0, 0.1) is 5.41 Å². The number of piperidine rings is 1. The molecular weight excluding hydrogens is 308 g/mol. The van der Waals surface area contributed by atoms with Gasteiger partial charge in [0.1, 0.15) is 0 Å². The van der Waals surface area contributed by atoms with Crippen molar-refractivity contribution in [3.05, 3.63) is 47.2 Å². The molecule has 0 amide bonds. The first-order valence-electron chi connectivity index (χ1n) is 8.45. The summed E-state index contributed by atoms with van der Waals surface area (Å²) in [7, 11) is 0. The summed E-state index contributed by atoms with van der Waals surface area (Å²) in [6.07, 6.45) is 8.12. The monoisotopic (exact) mass is 330 g/mol. The van der Waals surface area contributed by atoms with E-state index in [1.165, 1.54) is 51.0 Å². The van der Waals surface area contributed by atoms with E-state index < -0.39 is 0 Å². The number of hydrogen-bond donors (Lipinski definition) is 1. The Morgan fingerprint density at radius 2 is 1.91 bits per heavy atom. The van der Waals surface area contributed by atoms with E-state index >= 15 is 0 Å². The summed E-state index contributed by atoms with van der Waals surface area (Å²) in [4.78, 5) is 2.59. The molecule has 4 rings (SSSR count). The van der Waals surface area contributed by atoms with Crippen LogP contribution in [0.15, 0.2) is 36.7 Å². The number of halogens is 1. The first kappa shape index (κ1) is 15.2. The second-order valence-electron chi connectivity index (χ2n) is 6.98. The van der Waals surface area contributed by atoms with E-state index in [-0.39, 0.29) is 0 Å². The smallest absolute Gasteiger partial charge is 0.0646 e. The first-order valence-corrected chi connectivity index (χ1v) is 8.83. The van der Waals surface area contributed by atoms with Gasteiger partial charge in [-0.2, -0.15) is 5.10 Å². The summed E-state index contributed by atoms with van der Waals surface area (Å²) in [5, 5.41) is 8.74. The Morgan fingerprint density at radius 3 is 2.70 bits per heavy atom. The van der Waals surface area contributed by atoms with Gasteiger partial charge in [0, 0.05) is 29.9 Å². The fourth-order valence-electron chi connectivity index (χ4n) is 3.96. The first-order chi connectivity index (χ1) is 11.2. The molecule has 2 aliphatic heterocycles. The normalized spacial score (nSPS) is 21.1. The molecule has 2 fully saturated rings. The van der Waals surface area contributed by atoms with Crippen LogP contribution in [0.5, 0.6) is 0 Å². The summed E-state index contributed by atoms with van der Waals surface area (Å²) < 4.78 is 1.93. The molecule has 1 aromatic carbocycles. The van der Waals surface area contributed by atoms with Crippen LogP contribution in [0.4, 0.5) is 0 Å². The van der Waals surface area contributed by atoms with Gasteiger partial charge in [0.2, 0.25) is 0 Å². The van der Waals surface area contributed by atoms with Crippen LogP contribution >= 0.6 is 11.6 Å². The molecule has 2 aromatic rings. The largest absolute Gasteiger partial charge is 0.317 e.